The molecule has 2 rings (SSSR count). The smallest absolute Gasteiger partial charge is 0.0646 e. The van der Waals surface area contributed by atoms with Gasteiger partial charge in [0, 0.05) is 30.2 Å². The predicted octanol–water partition coefficient (Wildman–Crippen LogP) is 19.4. The van der Waals surface area contributed by atoms with Gasteiger partial charge >= 0.3 is 0 Å². The van der Waals surface area contributed by atoms with Crippen molar-refractivity contribution in [3.05, 3.63) is 59.7 Å². The summed E-state index contributed by atoms with van der Waals surface area (Å²) in [4.78, 5) is 10.0. The lowest BCUT2D eigenvalue weighted by Crippen LogP contribution is -2.00. The van der Waals surface area contributed by atoms with E-state index in [1.807, 2.05) is 6.21 Å². The second kappa shape index (κ2) is 41.3. The van der Waals surface area contributed by atoms with Gasteiger partial charge in [0.2, 0.25) is 0 Å². The van der Waals surface area contributed by atoms with Gasteiger partial charge in [-0.2, -0.15) is 0 Å². The Morgan fingerprint density at radius 2 is 0.733 bits per heavy atom. The van der Waals surface area contributed by atoms with Crippen LogP contribution in [0.1, 0.15) is 269 Å². The first kappa shape index (κ1) is 53.0. The van der Waals surface area contributed by atoms with Crippen LogP contribution in [0.4, 0.5) is 11.4 Å². The fourth-order valence-corrected chi connectivity index (χ4v) is 8.01. The summed E-state index contributed by atoms with van der Waals surface area (Å²) < 4.78 is 0. The summed E-state index contributed by atoms with van der Waals surface area (Å²) in [6.45, 7) is 6.87. The van der Waals surface area contributed by atoms with Crippen LogP contribution in [0.15, 0.2) is 58.5 Å². The van der Waals surface area contributed by atoms with Crippen molar-refractivity contribution in [1.29, 1.82) is 0 Å². The third-order valence-electron chi connectivity index (χ3n) is 11.9. The van der Waals surface area contributed by atoms with Gasteiger partial charge < -0.3 is 0 Å². The van der Waals surface area contributed by atoms with E-state index in [1.54, 1.807) is 0 Å². The minimum Gasteiger partial charge on any atom is -0.255 e. The van der Waals surface area contributed by atoms with Crippen molar-refractivity contribution in [1.82, 2.24) is 0 Å². The van der Waals surface area contributed by atoms with Crippen molar-refractivity contribution in [2.45, 2.75) is 258 Å². The zero-order valence-corrected chi connectivity index (χ0v) is 39.8. The van der Waals surface area contributed by atoms with Gasteiger partial charge in [-0.05, 0) is 62.1 Å². The Morgan fingerprint density at radius 3 is 1.13 bits per heavy atom. The van der Waals surface area contributed by atoms with E-state index < -0.39 is 0 Å². The van der Waals surface area contributed by atoms with E-state index in [4.69, 9.17) is 9.98 Å². The average Bonchev–Trinajstić information content (AvgIpc) is 3.26. The molecular weight excluding hydrogens is 725 g/mol. The minimum atomic E-state index is 0.934. The molecule has 2 heteroatoms. The van der Waals surface area contributed by atoms with Crippen molar-refractivity contribution in [3.8, 4) is 23.7 Å². The van der Waals surface area contributed by atoms with Gasteiger partial charge in [-0.25, -0.2) is 0 Å². The Bertz CT molecular complexity index is 1460. The minimum absolute atomic E-state index is 0.934. The summed E-state index contributed by atoms with van der Waals surface area (Å²) in [5.41, 5.74) is 5.04. The highest BCUT2D eigenvalue weighted by molar-refractivity contribution is 6.31. The monoisotopic (exact) mass is 817 g/mol. The molecule has 334 valence electrons. The molecule has 0 saturated heterocycles. The lowest BCUT2D eigenvalue weighted by atomic mass is 10.0. The van der Waals surface area contributed by atoms with Crippen LogP contribution in [-0.4, -0.2) is 11.9 Å². The van der Waals surface area contributed by atoms with E-state index in [1.165, 1.54) is 212 Å². The standard InChI is InChI=1S/C58H92N2/c1-4-7-10-13-16-18-20-22-24-26-28-30-32-34-36-39-44-54-46-42-49-56(51-54)59-53-58(48-41-38-15-12-9-6-3)60-57-50-43-47-55(52-57)45-40-37-35-33-31-29-27-25-23-21-19-17-14-11-8-5-2/h42-43,46-47,49-53H,4-38,41,48H2,1-3H3. The Kier molecular flexibility index (Phi) is 36.5. The second-order valence-electron chi connectivity index (χ2n) is 17.8. The lowest BCUT2D eigenvalue weighted by molar-refractivity contribution is 0.536. The zero-order valence-electron chi connectivity index (χ0n) is 39.8. The van der Waals surface area contributed by atoms with Crippen LogP contribution in [0.5, 0.6) is 0 Å². The van der Waals surface area contributed by atoms with Gasteiger partial charge in [-0.15, -0.1) is 0 Å². The van der Waals surface area contributed by atoms with Crippen molar-refractivity contribution in [2.75, 3.05) is 0 Å². The molecule has 0 radical (unpaired) electrons. The molecular formula is C58H92N2. The lowest BCUT2D eigenvalue weighted by Gasteiger charge is -2.04. The maximum atomic E-state index is 5.11. The molecule has 0 unspecified atom stereocenters. The Labute approximate surface area is 373 Å². The van der Waals surface area contributed by atoms with Crippen molar-refractivity contribution in [2.24, 2.45) is 9.98 Å². The van der Waals surface area contributed by atoms with Crippen LogP contribution < -0.4 is 0 Å². The van der Waals surface area contributed by atoms with Gasteiger partial charge in [-0.1, -0.05) is 256 Å². The largest absolute Gasteiger partial charge is 0.255 e. The third-order valence-corrected chi connectivity index (χ3v) is 11.9. The van der Waals surface area contributed by atoms with Crippen LogP contribution >= 0.6 is 0 Å². The molecule has 0 bridgehead atoms. The van der Waals surface area contributed by atoms with Gasteiger partial charge in [0.05, 0.1) is 17.1 Å². The van der Waals surface area contributed by atoms with Crippen LogP contribution in [0.25, 0.3) is 0 Å². The molecule has 0 amide bonds. The molecule has 0 N–H and O–H groups in total. The summed E-state index contributed by atoms with van der Waals surface area (Å²) in [7, 11) is 0. The summed E-state index contributed by atoms with van der Waals surface area (Å²) in [5, 5.41) is 0. The number of benzene rings is 2. The second-order valence-corrected chi connectivity index (χ2v) is 17.8. The van der Waals surface area contributed by atoms with E-state index in [-0.39, 0.29) is 0 Å². The molecule has 0 fully saturated rings. The van der Waals surface area contributed by atoms with Gasteiger partial charge in [-0.3, -0.25) is 9.98 Å². The molecule has 0 aliphatic heterocycles. The summed E-state index contributed by atoms with van der Waals surface area (Å²) >= 11 is 0. The van der Waals surface area contributed by atoms with Gasteiger partial charge in [0.15, 0.2) is 0 Å². The van der Waals surface area contributed by atoms with Gasteiger partial charge in [0.25, 0.3) is 0 Å². The number of hydrogen-bond donors (Lipinski definition) is 0. The number of rotatable bonds is 38. The summed E-state index contributed by atoms with van der Waals surface area (Å²) in [6.07, 6.45) is 51.4. The Morgan fingerprint density at radius 1 is 0.400 bits per heavy atom. The molecule has 2 nitrogen and oxygen atoms in total. The SMILES string of the molecule is CCCCCCCCCCCCCCCCC#Cc1cccc(N=CC(CCCCCCCC)=Nc2cccc(C#CCCCCCCCCCCCCCCCC)c2)c1. The fraction of sp³-hybridized carbons (Fsp3) is 0.690. The molecule has 0 aliphatic rings. The van der Waals surface area contributed by atoms with Crippen LogP contribution in [0, 0.1) is 23.7 Å². The highest BCUT2D eigenvalue weighted by Crippen LogP contribution is 2.19. The summed E-state index contributed by atoms with van der Waals surface area (Å²) in [5.74, 6) is 13.7. The number of unbranched alkanes of at least 4 members (excludes halogenated alkanes) is 33. The van der Waals surface area contributed by atoms with Crippen LogP contribution in [-0.2, 0) is 0 Å². The normalized spacial score (nSPS) is 11.5. The molecule has 0 aromatic heterocycles. The van der Waals surface area contributed by atoms with E-state index in [9.17, 15) is 0 Å². The molecule has 2 aromatic rings. The van der Waals surface area contributed by atoms with Gasteiger partial charge in [0.1, 0.15) is 0 Å². The number of nitrogens with zero attached hydrogens (tertiary/aromatic N) is 2. The third kappa shape index (κ3) is 32.6. The van der Waals surface area contributed by atoms with E-state index >= 15 is 0 Å². The van der Waals surface area contributed by atoms with Crippen molar-refractivity contribution < 1.29 is 0 Å². The highest BCUT2D eigenvalue weighted by Gasteiger charge is 2.02. The van der Waals surface area contributed by atoms with Crippen molar-refractivity contribution in [3.63, 3.8) is 0 Å². The average molecular weight is 817 g/mol. The molecule has 60 heavy (non-hydrogen) atoms. The predicted molar refractivity (Wildman–Crippen MR) is 270 cm³/mol. The number of aliphatic imine (C=N–C) groups is 2. The molecule has 0 saturated carbocycles. The Balaban J connectivity index is 1.77. The highest BCUT2D eigenvalue weighted by atomic mass is 14.8. The molecule has 0 spiro atoms. The molecule has 2 aromatic carbocycles. The van der Waals surface area contributed by atoms with E-state index in [2.05, 4.69) is 93.0 Å². The van der Waals surface area contributed by atoms with E-state index in [0.717, 1.165) is 53.9 Å². The molecule has 0 aliphatic carbocycles. The topological polar surface area (TPSA) is 24.7 Å². The zero-order chi connectivity index (χ0) is 42.7. The fourth-order valence-electron chi connectivity index (χ4n) is 8.01. The molecule has 0 heterocycles. The maximum Gasteiger partial charge on any atom is 0.0646 e. The van der Waals surface area contributed by atoms with E-state index in [0.29, 0.717) is 0 Å². The van der Waals surface area contributed by atoms with Crippen molar-refractivity contribution >= 4 is 23.3 Å². The quantitative estimate of drug-likeness (QED) is 0.0366. The number of hydrogen-bond acceptors (Lipinski definition) is 2. The van der Waals surface area contributed by atoms with Crippen LogP contribution in [0.2, 0.25) is 0 Å². The maximum absolute atomic E-state index is 5.11. The first-order valence-electron chi connectivity index (χ1n) is 26.0. The Hall–Kier alpha value is -3.10. The van der Waals surface area contributed by atoms with Crippen LogP contribution in [0.3, 0.4) is 0 Å². The first-order chi connectivity index (χ1) is 29.7. The summed E-state index contributed by atoms with van der Waals surface area (Å²) in [6, 6.07) is 16.8. The first-order valence-corrected chi connectivity index (χ1v) is 26.0. The molecule has 0 atom stereocenters.